The highest BCUT2D eigenvalue weighted by atomic mass is 32.2. The number of benzene rings is 1. The third kappa shape index (κ3) is 2.42. The molecule has 0 aromatic heterocycles. The molecule has 4 rings (SSSR count). The van der Waals surface area contributed by atoms with Crippen LogP contribution in [0.3, 0.4) is 0 Å². The van der Waals surface area contributed by atoms with Crippen LogP contribution in [0.15, 0.2) is 18.2 Å². The summed E-state index contributed by atoms with van der Waals surface area (Å²) in [5.74, 6) is 1.14. The van der Waals surface area contributed by atoms with Gasteiger partial charge in [0.15, 0.2) is 9.84 Å². The Morgan fingerprint density at radius 2 is 2.00 bits per heavy atom. The van der Waals surface area contributed by atoms with Crippen LogP contribution in [0.25, 0.3) is 0 Å². The van der Waals surface area contributed by atoms with E-state index in [1.165, 1.54) is 36.0 Å². The monoisotopic (exact) mass is 305 g/mol. The van der Waals surface area contributed by atoms with Gasteiger partial charge in [-0.2, -0.15) is 0 Å². The van der Waals surface area contributed by atoms with Gasteiger partial charge in [-0.15, -0.1) is 0 Å². The summed E-state index contributed by atoms with van der Waals surface area (Å²) < 4.78 is 23.6. The van der Waals surface area contributed by atoms with Crippen molar-refractivity contribution >= 4 is 9.84 Å². The Morgan fingerprint density at radius 3 is 2.67 bits per heavy atom. The molecule has 0 saturated carbocycles. The summed E-state index contributed by atoms with van der Waals surface area (Å²) in [6, 6.07) is 6.95. The first-order valence-electron chi connectivity index (χ1n) is 8.08. The zero-order valence-electron chi connectivity index (χ0n) is 12.4. The van der Waals surface area contributed by atoms with Crippen LogP contribution in [-0.2, 0) is 29.1 Å². The van der Waals surface area contributed by atoms with Crippen molar-refractivity contribution in [1.82, 2.24) is 5.32 Å². The van der Waals surface area contributed by atoms with Crippen molar-refractivity contribution in [2.45, 2.75) is 32.1 Å². The van der Waals surface area contributed by atoms with Gasteiger partial charge >= 0.3 is 0 Å². The molecule has 2 heterocycles. The van der Waals surface area contributed by atoms with Crippen LogP contribution < -0.4 is 5.32 Å². The van der Waals surface area contributed by atoms with Crippen LogP contribution in [0.1, 0.15) is 29.5 Å². The maximum atomic E-state index is 11.8. The van der Waals surface area contributed by atoms with Gasteiger partial charge in [0.2, 0.25) is 0 Å². The Bertz CT molecular complexity index is 661. The third-order valence-corrected chi connectivity index (χ3v) is 7.54. The van der Waals surface area contributed by atoms with Gasteiger partial charge in [-0.25, -0.2) is 8.42 Å². The summed E-state index contributed by atoms with van der Waals surface area (Å²) in [7, 11) is -2.78. The normalized spacial score (nSPS) is 29.0. The van der Waals surface area contributed by atoms with Crippen molar-refractivity contribution in [2.75, 3.05) is 24.6 Å². The quantitative estimate of drug-likeness (QED) is 0.925. The first-order valence-corrected chi connectivity index (χ1v) is 9.90. The molecule has 4 heteroatoms. The zero-order valence-corrected chi connectivity index (χ0v) is 13.2. The molecule has 1 unspecified atom stereocenters. The molecule has 1 aliphatic carbocycles. The molecule has 2 saturated heterocycles. The first-order chi connectivity index (χ1) is 10.1. The Labute approximate surface area is 127 Å². The average molecular weight is 305 g/mol. The maximum Gasteiger partial charge on any atom is 0.150 e. The van der Waals surface area contributed by atoms with Crippen molar-refractivity contribution in [2.24, 2.45) is 11.3 Å². The summed E-state index contributed by atoms with van der Waals surface area (Å²) >= 11 is 0. The average Bonchev–Trinajstić information content (AvgIpc) is 2.99. The number of rotatable bonds is 3. The molecule has 114 valence electrons. The van der Waals surface area contributed by atoms with E-state index in [4.69, 9.17) is 0 Å². The summed E-state index contributed by atoms with van der Waals surface area (Å²) in [5.41, 5.74) is 4.62. The van der Waals surface area contributed by atoms with E-state index in [0.29, 0.717) is 17.4 Å². The molecule has 2 aliphatic heterocycles. The smallest absolute Gasteiger partial charge is 0.150 e. The van der Waals surface area contributed by atoms with Gasteiger partial charge in [0.05, 0.1) is 11.5 Å². The van der Waals surface area contributed by atoms with Crippen molar-refractivity contribution in [3.05, 3.63) is 34.9 Å². The highest BCUT2D eigenvalue weighted by Gasteiger charge is 2.48. The number of aryl methyl sites for hydroxylation is 2. The van der Waals surface area contributed by atoms with Crippen LogP contribution in [0.5, 0.6) is 0 Å². The lowest BCUT2D eigenvalue weighted by atomic mass is 9.66. The fourth-order valence-corrected chi connectivity index (χ4v) is 6.37. The van der Waals surface area contributed by atoms with Crippen molar-refractivity contribution < 1.29 is 8.42 Å². The predicted molar refractivity (Wildman–Crippen MR) is 84.2 cm³/mol. The van der Waals surface area contributed by atoms with Gasteiger partial charge in [0.25, 0.3) is 0 Å². The predicted octanol–water partition coefficient (Wildman–Crippen LogP) is 1.74. The van der Waals surface area contributed by atoms with Crippen LogP contribution in [-0.4, -0.2) is 33.0 Å². The molecule has 3 nitrogen and oxygen atoms in total. The SMILES string of the molecule is O=S1(=O)CCC(C2(Cc3ccc4c(c3)CCC4)CNC2)C1. The van der Waals surface area contributed by atoms with Gasteiger partial charge < -0.3 is 5.32 Å². The molecule has 3 aliphatic rings. The second-order valence-corrected chi connectivity index (χ2v) is 9.43. The lowest BCUT2D eigenvalue weighted by Gasteiger charge is -2.47. The molecule has 1 atom stereocenters. The van der Waals surface area contributed by atoms with Crippen molar-refractivity contribution in [1.29, 1.82) is 0 Å². The van der Waals surface area contributed by atoms with Crippen molar-refractivity contribution in [3.8, 4) is 0 Å². The molecule has 0 bridgehead atoms. The van der Waals surface area contributed by atoms with Crippen LogP contribution in [0, 0.1) is 11.3 Å². The fourth-order valence-electron chi connectivity index (χ4n) is 4.42. The number of hydrogen-bond acceptors (Lipinski definition) is 3. The first kappa shape index (κ1) is 13.8. The highest BCUT2D eigenvalue weighted by Crippen LogP contribution is 2.42. The standard InChI is InChI=1S/C17H23NO2S/c19-21(20)7-6-16(10-21)17(11-18-12-17)9-13-4-5-14-2-1-3-15(14)8-13/h4-5,8,16,18H,1-3,6-7,9-12H2. The molecular weight excluding hydrogens is 282 g/mol. The topological polar surface area (TPSA) is 46.2 Å². The Kier molecular flexibility index (Phi) is 3.16. The minimum atomic E-state index is -2.78. The highest BCUT2D eigenvalue weighted by molar-refractivity contribution is 7.91. The number of hydrogen-bond donors (Lipinski definition) is 1. The molecule has 2 fully saturated rings. The van der Waals surface area contributed by atoms with E-state index in [1.54, 1.807) is 0 Å². The molecule has 21 heavy (non-hydrogen) atoms. The minimum Gasteiger partial charge on any atom is -0.315 e. The Hall–Kier alpha value is -0.870. The zero-order chi connectivity index (χ0) is 14.5. The summed E-state index contributed by atoms with van der Waals surface area (Å²) in [5, 5.41) is 3.38. The lowest BCUT2D eigenvalue weighted by Crippen LogP contribution is -2.59. The largest absolute Gasteiger partial charge is 0.315 e. The van der Waals surface area contributed by atoms with E-state index >= 15 is 0 Å². The van der Waals surface area contributed by atoms with Gasteiger partial charge in [-0.05, 0) is 54.7 Å². The second-order valence-electron chi connectivity index (χ2n) is 7.20. The van der Waals surface area contributed by atoms with Gasteiger partial charge in [0, 0.05) is 18.5 Å². The Balaban J connectivity index is 1.57. The summed E-state index contributed by atoms with van der Waals surface area (Å²) in [4.78, 5) is 0. The van der Waals surface area contributed by atoms with Crippen LogP contribution in [0.4, 0.5) is 0 Å². The molecule has 1 N–H and O–H groups in total. The summed E-state index contributed by atoms with van der Waals surface area (Å²) in [6.45, 7) is 1.95. The molecule has 0 amide bonds. The lowest BCUT2D eigenvalue weighted by molar-refractivity contribution is 0.0924. The number of sulfone groups is 1. The van der Waals surface area contributed by atoms with E-state index in [1.807, 2.05) is 0 Å². The minimum absolute atomic E-state index is 0.177. The molecular formula is C17H23NO2S. The molecule has 0 radical (unpaired) electrons. The van der Waals surface area contributed by atoms with E-state index in [0.717, 1.165) is 25.9 Å². The van der Waals surface area contributed by atoms with E-state index < -0.39 is 9.84 Å². The van der Waals surface area contributed by atoms with Crippen molar-refractivity contribution in [3.63, 3.8) is 0 Å². The molecule has 0 spiro atoms. The van der Waals surface area contributed by atoms with E-state index in [-0.39, 0.29) is 5.41 Å². The van der Waals surface area contributed by atoms with Gasteiger partial charge in [0.1, 0.15) is 0 Å². The fraction of sp³-hybridized carbons (Fsp3) is 0.647. The summed E-state index contributed by atoms with van der Waals surface area (Å²) in [6.07, 6.45) is 5.62. The maximum absolute atomic E-state index is 11.8. The van der Waals surface area contributed by atoms with Gasteiger partial charge in [-0.1, -0.05) is 18.2 Å². The van der Waals surface area contributed by atoms with E-state index in [2.05, 4.69) is 23.5 Å². The van der Waals surface area contributed by atoms with Crippen LogP contribution in [0.2, 0.25) is 0 Å². The van der Waals surface area contributed by atoms with Crippen LogP contribution >= 0.6 is 0 Å². The van der Waals surface area contributed by atoms with Gasteiger partial charge in [-0.3, -0.25) is 0 Å². The molecule has 1 aromatic carbocycles. The Morgan fingerprint density at radius 1 is 1.19 bits per heavy atom. The third-order valence-electron chi connectivity index (χ3n) is 5.77. The molecule has 1 aromatic rings. The van der Waals surface area contributed by atoms with E-state index in [9.17, 15) is 8.42 Å². The number of fused-ring (bicyclic) bond motifs is 1. The second kappa shape index (κ2) is 4.82. The number of nitrogens with one attached hydrogen (secondary N) is 1.